The Bertz CT molecular complexity index is 739. The molecule has 0 aliphatic rings. The SMILES string of the molecule is Cc1cc(Br)c(=O)n(CC(=O)Nc2cc(Cl)cc(Cl)c2)c1. The largest absolute Gasteiger partial charge is 0.324 e. The van der Waals surface area contributed by atoms with Gasteiger partial charge in [0.2, 0.25) is 5.91 Å². The maximum Gasteiger partial charge on any atom is 0.265 e. The number of nitrogens with zero attached hydrogens (tertiary/aromatic N) is 1. The molecule has 0 spiro atoms. The van der Waals surface area contributed by atoms with Crippen LogP contribution in [0.4, 0.5) is 5.69 Å². The van der Waals surface area contributed by atoms with Gasteiger partial charge in [-0.25, -0.2) is 0 Å². The van der Waals surface area contributed by atoms with Gasteiger partial charge in [-0.15, -0.1) is 0 Å². The number of aryl methyl sites for hydroxylation is 1. The molecule has 7 heteroatoms. The highest BCUT2D eigenvalue weighted by molar-refractivity contribution is 9.10. The van der Waals surface area contributed by atoms with Gasteiger partial charge in [-0.3, -0.25) is 9.59 Å². The Morgan fingerprint density at radius 3 is 2.48 bits per heavy atom. The zero-order chi connectivity index (χ0) is 15.6. The van der Waals surface area contributed by atoms with Crippen LogP contribution in [-0.2, 0) is 11.3 Å². The zero-order valence-corrected chi connectivity index (χ0v) is 14.1. The molecule has 0 saturated heterocycles. The molecule has 1 amide bonds. The monoisotopic (exact) mass is 388 g/mol. The van der Waals surface area contributed by atoms with Crippen molar-refractivity contribution in [3.63, 3.8) is 0 Å². The fourth-order valence-electron chi connectivity index (χ4n) is 1.84. The first-order valence-electron chi connectivity index (χ1n) is 5.97. The third kappa shape index (κ3) is 4.33. The number of nitrogens with one attached hydrogen (secondary N) is 1. The Hall–Kier alpha value is -1.30. The molecule has 0 bridgehead atoms. The molecule has 0 fully saturated rings. The van der Waals surface area contributed by atoms with E-state index in [4.69, 9.17) is 23.2 Å². The number of hydrogen-bond acceptors (Lipinski definition) is 2. The smallest absolute Gasteiger partial charge is 0.265 e. The molecule has 1 N–H and O–H groups in total. The number of aromatic nitrogens is 1. The van der Waals surface area contributed by atoms with Crippen LogP contribution in [0.2, 0.25) is 10.0 Å². The average Bonchev–Trinajstić information content (AvgIpc) is 2.33. The van der Waals surface area contributed by atoms with Gasteiger partial charge in [0.15, 0.2) is 0 Å². The summed E-state index contributed by atoms with van der Waals surface area (Å²) < 4.78 is 1.75. The van der Waals surface area contributed by atoms with Crippen LogP contribution >= 0.6 is 39.1 Å². The molecule has 21 heavy (non-hydrogen) atoms. The molecule has 1 aromatic carbocycles. The molecule has 110 valence electrons. The summed E-state index contributed by atoms with van der Waals surface area (Å²) in [6, 6.07) is 6.44. The van der Waals surface area contributed by atoms with Crippen molar-refractivity contribution >= 4 is 50.7 Å². The Kier molecular flexibility index (Phi) is 5.08. The summed E-state index contributed by atoms with van der Waals surface area (Å²) in [5.74, 6) is -0.340. The molecule has 0 unspecified atom stereocenters. The second-order valence-electron chi connectivity index (χ2n) is 4.50. The fraction of sp³-hybridized carbons (Fsp3) is 0.143. The first-order valence-corrected chi connectivity index (χ1v) is 7.52. The van der Waals surface area contributed by atoms with Crippen LogP contribution < -0.4 is 10.9 Å². The summed E-state index contributed by atoms with van der Waals surface area (Å²) in [5.41, 5.74) is 1.09. The van der Waals surface area contributed by atoms with E-state index in [1.54, 1.807) is 30.5 Å². The zero-order valence-electron chi connectivity index (χ0n) is 11.0. The number of carbonyl (C=O) groups excluding carboxylic acids is 1. The minimum atomic E-state index is -0.340. The molecule has 2 aromatic rings. The van der Waals surface area contributed by atoms with E-state index in [0.717, 1.165) is 5.56 Å². The van der Waals surface area contributed by atoms with E-state index < -0.39 is 0 Å². The highest BCUT2D eigenvalue weighted by atomic mass is 79.9. The van der Waals surface area contributed by atoms with Gasteiger partial charge >= 0.3 is 0 Å². The van der Waals surface area contributed by atoms with Crippen LogP contribution in [0.15, 0.2) is 39.7 Å². The number of amides is 1. The molecule has 1 heterocycles. The molecule has 2 rings (SSSR count). The van der Waals surface area contributed by atoms with Crippen molar-refractivity contribution in [3.8, 4) is 0 Å². The number of hydrogen-bond donors (Lipinski definition) is 1. The summed E-state index contributed by atoms with van der Waals surface area (Å²) in [6.07, 6.45) is 1.62. The first kappa shape index (κ1) is 16.1. The number of pyridine rings is 1. The molecule has 0 saturated carbocycles. The van der Waals surface area contributed by atoms with Gasteiger partial charge in [0.05, 0.1) is 4.47 Å². The van der Waals surface area contributed by atoms with Gasteiger partial charge in [0, 0.05) is 21.9 Å². The van der Waals surface area contributed by atoms with E-state index in [9.17, 15) is 9.59 Å². The van der Waals surface area contributed by atoms with Crippen molar-refractivity contribution in [1.82, 2.24) is 4.57 Å². The fourth-order valence-corrected chi connectivity index (χ4v) is 2.95. The first-order chi connectivity index (χ1) is 9.85. The van der Waals surface area contributed by atoms with Gasteiger partial charge in [-0.1, -0.05) is 23.2 Å². The lowest BCUT2D eigenvalue weighted by molar-refractivity contribution is -0.116. The lowest BCUT2D eigenvalue weighted by Gasteiger charge is -2.09. The van der Waals surface area contributed by atoms with E-state index in [-0.39, 0.29) is 18.0 Å². The second-order valence-corrected chi connectivity index (χ2v) is 6.23. The summed E-state index contributed by atoms with van der Waals surface area (Å²) in [7, 11) is 0. The standard InChI is InChI=1S/C14H11BrCl2N2O2/c1-8-2-12(15)14(21)19(6-8)7-13(20)18-11-4-9(16)3-10(17)5-11/h2-6H,7H2,1H3,(H,18,20). The van der Waals surface area contributed by atoms with Crippen LogP contribution in [-0.4, -0.2) is 10.5 Å². The number of halogens is 3. The summed E-state index contributed by atoms with van der Waals surface area (Å²) in [4.78, 5) is 23.9. The van der Waals surface area contributed by atoms with Gasteiger partial charge < -0.3 is 9.88 Å². The van der Waals surface area contributed by atoms with Crippen molar-refractivity contribution < 1.29 is 4.79 Å². The Labute approximate surface area is 139 Å². The van der Waals surface area contributed by atoms with Crippen LogP contribution in [0.1, 0.15) is 5.56 Å². The second kappa shape index (κ2) is 6.64. The Morgan fingerprint density at radius 2 is 1.86 bits per heavy atom. The van der Waals surface area contributed by atoms with Crippen LogP contribution in [0.25, 0.3) is 0 Å². The lowest BCUT2D eigenvalue weighted by atomic mass is 10.3. The van der Waals surface area contributed by atoms with Crippen LogP contribution in [0.3, 0.4) is 0 Å². The molecule has 0 aliphatic heterocycles. The minimum Gasteiger partial charge on any atom is -0.324 e. The van der Waals surface area contributed by atoms with Gasteiger partial charge in [0.1, 0.15) is 6.54 Å². The Morgan fingerprint density at radius 1 is 1.24 bits per heavy atom. The molecule has 0 aliphatic carbocycles. The van der Waals surface area contributed by atoms with Crippen LogP contribution in [0, 0.1) is 6.92 Å². The normalized spacial score (nSPS) is 10.5. The third-order valence-electron chi connectivity index (χ3n) is 2.64. The van der Waals surface area contributed by atoms with E-state index in [2.05, 4.69) is 21.2 Å². The van der Waals surface area contributed by atoms with E-state index >= 15 is 0 Å². The number of anilines is 1. The maximum atomic E-state index is 12.0. The van der Waals surface area contributed by atoms with Crippen molar-refractivity contribution in [2.45, 2.75) is 13.5 Å². The predicted molar refractivity (Wildman–Crippen MR) is 88.2 cm³/mol. The number of benzene rings is 1. The van der Waals surface area contributed by atoms with Crippen molar-refractivity contribution in [1.29, 1.82) is 0 Å². The molecule has 0 radical (unpaired) electrons. The van der Waals surface area contributed by atoms with Crippen molar-refractivity contribution in [2.24, 2.45) is 0 Å². The topological polar surface area (TPSA) is 51.1 Å². The highest BCUT2D eigenvalue weighted by Gasteiger charge is 2.09. The minimum absolute atomic E-state index is 0.0940. The van der Waals surface area contributed by atoms with E-state index in [1.165, 1.54) is 4.57 Å². The van der Waals surface area contributed by atoms with Gasteiger partial charge in [-0.2, -0.15) is 0 Å². The summed E-state index contributed by atoms with van der Waals surface area (Å²) in [6.45, 7) is 1.75. The average molecular weight is 390 g/mol. The van der Waals surface area contributed by atoms with E-state index in [1.807, 2.05) is 6.92 Å². The summed E-state index contributed by atoms with van der Waals surface area (Å²) in [5, 5.41) is 3.50. The van der Waals surface area contributed by atoms with Crippen molar-refractivity contribution in [3.05, 3.63) is 60.9 Å². The quantitative estimate of drug-likeness (QED) is 0.866. The summed E-state index contributed by atoms with van der Waals surface area (Å²) >= 11 is 14.9. The van der Waals surface area contributed by atoms with Crippen LogP contribution in [0.5, 0.6) is 0 Å². The van der Waals surface area contributed by atoms with E-state index in [0.29, 0.717) is 20.2 Å². The number of carbonyl (C=O) groups is 1. The molecule has 4 nitrogen and oxygen atoms in total. The molecular weight excluding hydrogens is 379 g/mol. The van der Waals surface area contributed by atoms with Gasteiger partial charge in [0.25, 0.3) is 5.56 Å². The molecule has 0 atom stereocenters. The predicted octanol–water partition coefficient (Wildman–Crippen LogP) is 3.86. The third-order valence-corrected chi connectivity index (χ3v) is 3.64. The highest BCUT2D eigenvalue weighted by Crippen LogP contribution is 2.22. The molecular formula is C14H11BrCl2N2O2. The Balaban J connectivity index is 2.17. The van der Waals surface area contributed by atoms with Gasteiger partial charge in [-0.05, 0) is 52.7 Å². The molecule has 1 aromatic heterocycles. The number of rotatable bonds is 3. The maximum absolute atomic E-state index is 12.0. The lowest BCUT2D eigenvalue weighted by Crippen LogP contribution is -2.27. The van der Waals surface area contributed by atoms with Crippen molar-refractivity contribution in [2.75, 3.05) is 5.32 Å².